The van der Waals surface area contributed by atoms with Crippen LogP contribution in [0, 0.1) is 0 Å². The average Bonchev–Trinajstić information content (AvgIpc) is 2.35. The summed E-state index contributed by atoms with van der Waals surface area (Å²) in [5, 5.41) is -0.0605. The van der Waals surface area contributed by atoms with Gasteiger partial charge in [0.2, 0.25) is 0 Å². The van der Waals surface area contributed by atoms with Crippen LogP contribution in [0.3, 0.4) is 0 Å². The molecule has 0 aliphatic heterocycles. The first kappa shape index (κ1) is 13.7. The summed E-state index contributed by atoms with van der Waals surface area (Å²) in [6.07, 6.45) is 3.20. The molecule has 3 heteroatoms. The highest BCUT2D eigenvalue weighted by atomic mass is 79.9. The van der Waals surface area contributed by atoms with Crippen molar-refractivity contribution in [2.24, 2.45) is 0 Å². The Balaban J connectivity index is 2.66. The van der Waals surface area contributed by atoms with E-state index in [4.69, 9.17) is 11.6 Å². The van der Waals surface area contributed by atoms with Crippen LogP contribution in [-0.2, 0) is 4.79 Å². The van der Waals surface area contributed by atoms with Gasteiger partial charge in [0.05, 0.1) is 5.38 Å². The second-order valence-corrected chi connectivity index (χ2v) is 5.39. The van der Waals surface area contributed by atoms with Crippen molar-refractivity contribution in [1.82, 2.24) is 0 Å². The van der Waals surface area contributed by atoms with E-state index in [-0.39, 0.29) is 5.38 Å². The van der Waals surface area contributed by atoms with Gasteiger partial charge < -0.3 is 4.79 Å². The van der Waals surface area contributed by atoms with Crippen molar-refractivity contribution >= 4 is 33.8 Å². The fraction of sp³-hybridized carbons (Fsp3) is 0.462. The summed E-state index contributed by atoms with van der Waals surface area (Å²) < 4.78 is 0. The van der Waals surface area contributed by atoms with E-state index in [0.29, 0.717) is 17.7 Å². The van der Waals surface area contributed by atoms with Gasteiger partial charge in [0.25, 0.3) is 0 Å². The zero-order valence-corrected chi connectivity index (χ0v) is 11.7. The van der Waals surface area contributed by atoms with E-state index in [9.17, 15) is 4.79 Å². The number of aldehydes is 1. The fourth-order valence-corrected chi connectivity index (χ4v) is 2.11. The van der Waals surface area contributed by atoms with Gasteiger partial charge in [-0.2, -0.15) is 0 Å². The number of carbonyl (C=O) groups is 1. The SMILES string of the molecule is CCC(Br)c1ccc(C(Cl)CCC=O)cc1. The number of rotatable bonds is 6. The molecular formula is C13H16BrClO. The van der Waals surface area contributed by atoms with Crippen molar-refractivity contribution in [2.45, 2.75) is 36.4 Å². The minimum atomic E-state index is -0.0605. The first-order chi connectivity index (χ1) is 7.69. The number of hydrogen-bond acceptors (Lipinski definition) is 1. The van der Waals surface area contributed by atoms with Crippen molar-refractivity contribution in [3.05, 3.63) is 35.4 Å². The number of hydrogen-bond donors (Lipinski definition) is 0. The van der Waals surface area contributed by atoms with E-state index in [0.717, 1.165) is 18.3 Å². The van der Waals surface area contributed by atoms with Crippen molar-refractivity contribution in [3.8, 4) is 0 Å². The van der Waals surface area contributed by atoms with E-state index in [1.807, 2.05) is 12.1 Å². The Kier molecular flexibility index (Phi) is 6.07. The summed E-state index contributed by atoms with van der Waals surface area (Å²) in [4.78, 5) is 10.7. The van der Waals surface area contributed by atoms with Crippen molar-refractivity contribution in [2.75, 3.05) is 0 Å². The molecule has 0 saturated carbocycles. The Morgan fingerprint density at radius 1 is 1.31 bits per heavy atom. The van der Waals surface area contributed by atoms with Crippen LogP contribution < -0.4 is 0 Å². The first-order valence-electron chi connectivity index (χ1n) is 5.50. The zero-order chi connectivity index (χ0) is 12.0. The molecule has 1 nitrogen and oxygen atoms in total. The normalized spacial score (nSPS) is 14.4. The van der Waals surface area contributed by atoms with Gasteiger partial charge in [0.1, 0.15) is 6.29 Å². The lowest BCUT2D eigenvalue weighted by Crippen LogP contribution is -1.93. The number of benzene rings is 1. The molecule has 0 aliphatic rings. The maximum atomic E-state index is 10.3. The summed E-state index contributed by atoms with van der Waals surface area (Å²) in [7, 11) is 0. The molecule has 0 saturated heterocycles. The zero-order valence-electron chi connectivity index (χ0n) is 9.33. The smallest absolute Gasteiger partial charge is 0.120 e. The largest absolute Gasteiger partial charge is 0.303 e. The monoisotopic (exact) mass is 302 g/mol. The summed E-state index contributed by atoms with van der Waals surface area (Å²) in [5.41, 5.74) is 2.36. The van der Waals surface area contributed by atoms with Crippen molar-refractivity contribution < 1.29 is 4.79 Å². The second-order valence-electron chi connectivity index (χ2n) is 3.75. The summed E-state index contributed by atoms with van der Waals surface area (Å²) in [5.74, 6) is 0. The van der Waals surface area contributed by atoms with Crippen LogP contribution in [0.15, 0.2) is 24.3 Å². The van der Waals surface area contributed by atoms with Crippen LogP contribution >= 0.6 is 27.5 Å². The van der Waals surface area contributed by atoms with Crippen LogP contribution in [0.2, 0.25) is 0 Å². The van der Waals surface area contributed by atoms with Gasteiger partial charge in [-0.1, -0.05) is 47.1 Å². The summed E-state index contributed by atoms with van der Waals surface area (Å²) in [6.45, 7) is 2.14. The first-order valence-corrected chi connectivity index (χ1v) is 6.85. The minimum absolute atomic E-state index is 0.0605. The molecule has 0 spiro atoms. The molecule has 0 N–H and O–H groups in total. The fourth-order valence-electron chi connectivity index (χ4n) is 1.53. The third kappa shape index (κ3) is 3.91. The molecule has 1 rings (SSSR count). The lowest BCUT2D eigenvalue weighted by Gasteiger charge is -2.11. The van der Waals surface area contributed by atoms with Crippen LogP contribution in [0.1, 0.15) is 47.5 Å². The van der Waals surface area contributed by atoms with E-state index in [1.165, 1.54) is 5.56 Å². The van der Waals surface area contributed by atoms with E-state index in [1.54, 1.807) is 0 Å². The maximum Gasteiger partial charge on any atom is 0.120 e. The molecular weight excluding hydrogens is 287 g/mol. The molecule has 16 heavy (non-hydrogen) atoms. The number of halogens is 2. The highest BCUT2D eigenvalue weighted by Gasteiger charge is 2.09. The van der Waals surface area contributed by atoms with Crippen LogP contribution in [0.5, 0.6) is 0 Å². The average molecular weight is 304 g/mol. The summed E-state index contributed by atoms with van der Waals surface area (Å²) in [6, 6.07) is 8.27. The van der Waals surface area contributed by atoms with Crippen LogP contribution in [0.4, 0.5) is 0 Å². The minimum Gasteiger partial charge on any atom is -0.303 e. The Hall–Kier alpha value is -0.340. The molecule has 2 atom stereocenters. The molecule has 0 aromatic heterocycles. The Bertz CT molecular complexity index is 323. The predicted octanol–water partition coefficient (Wildman–Crippen LogP) is 4.79. The van der Waals surface area contributed by atoms with Gasteiger partial charge in [0.15, 0.2) is 0 Å². The van der Waals surface area contributed by atoms with Gasteiger partial charge in [-0.05, 0) is 24.0 Å². The Labute approximate surface area is 110 Å². The maximum absolute atomic E-state index is 10.3. The van der Waals surface area contributed by atoms with Gasteiger partial charge >= 0.3 is 0 Å². The molecule has 0 amide bonds. The van der Waals surface area contributed by atoms with Gasteiger partial charge in [-0.25, -0.2) is 0 Å². The molecule has 0 radical (unpaired) electrons. The Morgan fingerprint density at radius 2 is 1.88 bits per heavy atom. The molecule has 0 heterocycles. The molecule has 0 fully saturated rings. The van der Waals surface area contributed by atoms with Crippen molar-refractivity contribution in [3.63, 3.8) is 0 Å². The quantitative estimate of drug-likeness (QED) is 0.545. The third-order valence-corrected chi connectivity index (χ3v) is 4.20. The van der Waals surface area contributed by atoms with Gasteiger partial charge in [0, 0.05) is 11.2 Å². The van der Waals surface area contributed by atoms with Gasteiger partial charge in [-0.15, -0.1) is 11.6 Å². The van der Waals surface area contributed by atoms with Crippen LogP contribution in [-0.4, -0.2) is 6.29 Å². The molecule has 0 aliphatic carbocycles. The lowest BCUT2D eigenvalue weighted by atomic mass is 10.0. The number of alkyl halides is 2. The van der Waals surface area contributed by atoms with Crippen LogP contribution in [0.25, 0.3) is 0 Å². The topological polar surface area (TPSA) is 17.1 Å². The number of carbonyl (C=O) groups excluding carboxylic acids is 1. The predicted molar refractivity (Wildman–Crippen MR) is 72.3 cm³/mol. The second kappa shape index (κ2) is 7.08. The van der Waals surface area contributed by atoms with E-state index >= 15 is 0 Å². The third-order valence-electron chi connectivity index (χ3n) is 2.56. The molecule has 88 valence electrons. The lowest BCUT2D eigenvalue weighted by molar-refractivity contribution is -0.107. The molecule has 0 bridgehead atoms. The highest BCUT2D eigenvalue weighted by Crippen LogP contribution is 2.29. The van der Waals surface area contributed by atoms with E-state index in [2.05, 4.69) is 35.0 Å². The van der Waals surface area contributed by atoms with E-state index < -0.39 is 0 Å². The van der Waals surface area contributed by atoms with Crippen molar-refractivity contribution in [1.29, 1.82) is 0 Å². The molecule has 1 aromatic carbocycles. The van der Waals surface area contributed by atoms with Gasteiger partial charge in [-0.3, -0.25) is 0 Å². The standard InChI is InChI=1S/C13H16BrClO/c1-2-12(14)10-5-7-11(8-6-10)13(15)4-3-9-16/h5-9,12-13H,2-4H2,1H3. The molecule has 1 aromatic rings. The molecule has 2 unspecified atom stereocenters. The highest BCUT2D eigenvalue weighted by molar-refractivity contribution is 9.09. The Morgan fingerprint density at radius 3 is 2.38 bits per heavy atom. The summed E-state index contributed by atoms with van der Waals surface area (Å²) >= 11 is 9.79.